The van der Waals surface area contributed by atoms with Gasteiger partial charge in [0.2, 0.25) is 0 Å². The number of aromatic amines is 2. The minimum Gasteiger partial charge on any atom is -0.361 e. The van der Waals surface area contributed by atoms with E-state index in [2.05, 4.69) is 115 Å². The van der Waals surface area contributed by atoms with Gasteiger partial charge in [0, 0.05) is 59.4 Å². The van der Waals surface area contributed by atoms with E-state index in [1.165, 1.54) is 34.1 Å². The van der Waals surface area contributed by atoms with E-state index in [1.807, 2.05) is 18.3 Å². The van der Waals surface area contributed by atoms with Crippen molar-refractivity contribution in [3.63, 3.8) is 0 Å². The summed E-state index contributed by atoms with van der Waals surface area (Å²) in [6, 6.07) is 30.9. The number of nitrogens with one attached hydrogen (secondary N) is 3. The molecular formula is C39H34N8O. The third kappa shape index (κ3) is 5.82. The Kier molecular flexibility index (Phi) is 7.92. The van der Waals surface area contributed by atoms with Crippen molar-refractivity contribution < 1.29 is 4.79 Å². The van der Waals surface area contributed by atoms with E-state index in [4.69, 9.17) is 10.2 Å². The number of amides is 1. The quantitative estimate of drug-likeness (QED) is 0.141. The summed E-state index contributed by atoms with van der Waals surface area (Å²) < 4.78 is 2.20. The molecule has 1 amide bonds. The summed E-state index contributed by atoms with van der Waals surface area (Å²) in [5.41, 5.74) is 5.98. The number of hydrogen-bond donors (Lipinski definition) is 3. The first-order chi connectivity index (χ1) is 23.7. The van der Waals surface area contributed by atoms with Crippen molar-refractivity contribution in [2.45, 2.75) is 38.3 Å². The molecule has 1 unspecified atom stereocenters. The SMILES string of the molecule is O=C(NC(Cc1c[nH]c2ccccc12)c1nnc(CCCc2c[nH]c3ccccc23)n1Cc1cccc2ccccc12)c1cnccn1. The molecule has 1 atom stereocenters. The normalized spacial score (nSPS) is 12.2. The van der Waals surface area contributed by atoms with Gasteiger partial charge in [0.25, 0.3) is 5.91 Å². The highest BCUT2D eigenvalue weighted by molar-refractivity contribution is 5.92. The zero-order valence-corrected chi connectivity index (χ0v) is 26.3. The molecule has 4 heterocycles. The molecule has 0 aliphatic rings. The van der Waals surface area contributed by atoms with Crippen LogP contribution in [-0.2, 0) is 25.8 Å². The summed E-state index contributed by atoms with van der Waals surface area (Å²) in [6.07, 6.45) is 11.7. The van der Waals surface area contributed by atoms with E-state index in [1.54, 1.807) is 6.20 Å². The van der Waals surface area contributed by atoms with E-state index < -0.39 is 6.04 Å². The van der Waals surface area contributed by atoms with E-state index in [-0.39, 0.29) is 11.6 Å². The molecule has 0 fully saturated rings. The number of hydrogen-bond acceptors (Lipinski definition) is 5. The molecule has 4 aromatic carbocycles. The molecule has 8 aromatic rings. The lowest BCUT2D eigenvalue weighted by molar-refractivity contribution is 0.0928. The Balaban J connectivity index is 1.17. The maximum Gasteiger partial charge on any atom is 0.272 e. The molecule has 0 aliphatic carbocycles. The Morgan fingerprint density at radius 3 is 2.23 bits per heavy atom. The molecule has 9 nitrogen and oxygen atoms in total. The molecule has 0 spiro atoms. The topological polar surface area (TPSA) is 117 Å². The number of carbonyl (C=O) groups is 1. The number of H-pyrrole nitrogens is 2. The number of aryl methyl sites for hydroxylation is 2. The fourth-order valence-electron chi connectivity index (χ4n) is 6.72. The lowest BCUT2D eigenvalue weighted by Gasteiger charge is -2.20. The van der Waals surface area contributed by atoms with Gasteiger partial charge in [-0.3, -0.25) is 9.78 Å². The third-order valence-corrected chi connectivity index (χ3v) is 9.10. The van der Waals surface area contributed by atoms with Crippen LogP contribution in [0.3, 0.4) is 0 Å². The molecule has 48 heavy (non-hydrogen) atoms. The number of aromatic nitrogens is 7. The smallest absolute Gasteiger partial charge is 0.272 e. The van der Waals surface area contributed by atoms with Crippen molar-refractivity contribution in [1.82, 2.24) is 40.0 Å². The molecule has 236 valence electrons. The largest absolute Gasteiger partial charge is 0.361 e. The van der Waals surface area contributed by atoms with Gasteiger partial charge in [0.05, 0.1) is 18.8 Å². The Labute approximate surface area is 277 Å². The van der Waals surface area contributed by atoms with Crippen LogP contribution in [-0.4, -0.2) is 40.6 Å². The first-order valence-electron chi connectivity index (χ1n) is 16.3. The van der Waals surface area contributed by atoms with Crippen molar-refractivity contribution in [3.8, 4) is 0 Å². The molecule has 4 aromatic heterocycles. The first kappa shape index (κ1) is 29.3. The number of rotatable bonds is 11. The average molecular weight is 631 g/mol. The molecule has 9 heteroatoms. The van der Waals surface area contributed by atoms with Crippen LogP contribution in [0.2, 0.25) is 0 Å². The van der Waals surface area contributed by atoms with E-state index in [0.717, 1.165) is 52.6 Å². The average Bonchev–Trinajstić information content (AvgIpc) is 3.86. The first-order valence-corrected chi connectivity index (χ1v) is 16.3. The van der Waals surface area contributed by atoms with Crippen LogP contribution in [0.25, 0.3) is 32.6 Å². The number of carbonyl (C=O) groups excluding carboxylic acids is 1. The maximum absolute atomic E-state index is 13.6. The van der Waals surface area contributed by atoms with Gasteiger partial charge in [0.1, 0.15) is 11.5 Å². The van der Waals surface area contributed by atoms with Crippen LogP contribution in [0.4, 0.5) is 0 Å². The minimum absolute atomic E-state index is 0.250. The van der Waals surface area contributed by atoms with Crippen molar-refractivity contribution in [2.24, 2.45) is 0 Å². The van der Waals surface area contributed by atoms with Gasteiger partial charge in [-0.05, 0) is 52.4 Å². The summed E-state index contributed by atoms with van der Waals surface area (Å²) in [5, 5.41) is 17.6. The van der Waals surface area contributed by atoms with Crippen molar-refractivity contribution >= 4 is 38.5 Å². The number of nitrogens with zero attached hydrogens (tertiary/aromatic N) is 5. The fourth-order valence-corrected chi connectivity index (χ4v) is 6.72. The molecule has 0 saturated heterocycles. The van der Waals surface area contributed by atoms with Gasteiger partial charge in [-0.2, -0.15) is 0 Å². The molecule has 0 bridgehead atoms. The number of benzene rings is 4. The fraction of sp³-hybridized carbons (Fsp3) is 0.154. The second kappa shape index (κ2) is 13.0. The van der Waals surface area contributed by atoms with Gasteiger partial charge < -0.3 is 19.9 Å². The molecular weight excluding hydrogens is 596 g/mol. The van der Waals surface area contributed by atoms with E-state index in [0.29, 0.717) is 18.8 Å². The highest BCUT2D eigenvalue weighted by Crippen LogP contribution is 2.28. The Hall–Kier alpha value is -6.09. The zero-order chi connectivity index (χ0) is 32.3. The van der Waals surface area contributed by atoms with Gasteiger partial charge in [-0.25, -0.2) is 4.98 Å². The van der Waals surface area contributed by atoms with Gasteiger partial charge in [-0.1, -0.05) is 78.9 Å². The Morgan fingerprint density at radius 1 is 0.729 bits per heavy atom. The molecule has 3 N–H and O–H groups in total. The monoisotopic (exact) mass is 630 g/mol. The predicted octanol–water partition coefficient (Wildman–Crippen LogP) is 7.12. The molecule has 0 aliphatic heterocycles. The highest BCUT2D eigenvalue weighted by atomic mass is 16.2. The molecule has 0 radical (unpaired) electrons. The second-order valence-electron chi connectivity index (χ2n) is 12.1. The van der Waals surface area contributed by atoms with Crippen molar-refractivity contribution in [3.05, 3.63) is 156 Å². The summed E-state index contributed by atoms with van der Waals surface area (Å²) in [4.78, 5) is 28.8. The summed E-state index contributed by atoms with van der Waals surface area (Å²) in [7, 11) is 0. The number of para-hydroxylation sites is 2. The summed E-state index contributed by atoms with van der Waals surface area (Å²) in [5.74, 6) is 1.27. The van der Waals surface area contributed by atoms with Gasteiger partial charge >= 0.3 is 0 Å². The lowest BCUT2D eigenvalue weighted by atomic mass is 10.0. The van der Waals surface area contributed by atoms with Gasteiger partial charge in [0.15, 0.2) is 5.82 Å². The van der Waals surface area contributed by atoms with Crippen LogP contribution in [0.15, 0.2) is 122 Å². The molecule has 8 rings (SSSR count). The van der Waals surface area contributed by atoms with E-state index in [9.17, 15) is 4.79 Å². The van der Waals surface area contributed by atoms with E-state index >= 15 is 0 Å². The highest BCUT2D eigenvalue weighted by Gasteiger charge is 2.26. The summed E-state index contributed by atoms with van der Waals surface area (Å²) >= 11 is 0. The standard InChI is InChI=1S/C39H34N8O/c48-39(36-24-40-19-20-41-36)44-35(21-29-23-43-34-17-6-4-15-32(29)34)38-46-45-37(18-8-11-27-22-42-33-16-5-3-14-31(27)33)47(38)25-28-12-7-10-26-9-1-2-13-30(26)28/h1-7,9-10,12-17,19-20,22-24,35,42-43H,8,11,18,21,25H2,(H,44,48). The predicted molar refractivity (Wildman–Crippen MR) is 188 cm³/mol. The maximum atomic E-state index is 13.6. The second-order valence-corrected chi connectivity index (χ2v) is 12.1. The van der Waals surface area contributed by atoms with Crippen LogP contribution in [0, 0.1) is 0 Å². The Morgan fingerprint density at radius 2 is 1.44 bits per heavy atom. The zero-order valence-electron chi connectivity index (χ0n) is 26.3. The van der Waals surface area contributed by atoms with Gasteiger partial charge in [-0.15, -0.1) is 10.2 Å². The van der Waals surface area contributed by atoms with Crippen molar-refractivity contribution in [1.29, 1.82) is 0 Å². The molecule has 0 saturated carbocycles. The lowest BCUT2D eigenvalue weighted by Crippen LogP contribution is -2.33. The van der Waals surface area contributed by atoms with Crippen molar-refractivity contribution in [2.75, 3.05) is 0 Å². The van der Waals surface area contributed by atoms with Crippen LogP contribution in [0.5, 0.6) is 0 Å². The van der Waals surface area contributed by atoms with Crippen LogP contribution >= 0.6 is 0 Å². The van der Waals surface area contributed by atoms with Crippen LogP contribution < -0.4 is 5.32 Å². The summed E-state index contributed by atoms with van der Waals surface area (Å²) in [6.45, 7) is 0.567. The Bertz CT molecular complexity index is 2350. The minimum atomic E-state index is -0.483. The van der Waals surface area contributed by atoms with Crippen LogP contribution in [0.1, 0.15) is 51.3 Å². The number of fused-ring (bicyclic) bond motifs is 3. The third-order valence-electron chi connectivity index (χ3n) is 9.10.